The first-order chi connectivity index (χ1) is 9.65. The van der Waals surface area contributed by atoms with Crippen molar-refractivity contribution in [2.75, 3.05) is 0 Å². The summed E-state index contributed by atoms with van der Waals surface area (Å²) in [6, 6.07) is 0.229. The Morgan fingerprint density at radius 3 is 2.75 bits per heavy atom. The van der Waals surface area contributed by atoms with E-state index in [9.17, 15) is 0 Å². The lowest BCUT2D eigenvalue weighted by Crippen LogP contribution is -2.26. The fourth-order valence-electron chi connectivity index (χ4n) is 3.21. The van der Waals surface area contributed by atoms with E-state index in [0.29, 0.717) is 5.92 Å². The van der Waals surface area contributed by atoms with Crippen molar-refractivity contribution in [2.24, 2.45) is 17.6 Å². The standard InChI is InChI=1S/C16H30N4/c1-13(2)11-20-16(18-12-19-20)10-15(17)9-8-14-6-4-3-5-7-14/h12-15H,3-11,17H2,1-2H3. The lowest BCUT2D eigenvalue weighted by molar-refractivity contribution is 0.321. The molecule has 114 valence electrons. The van der Waals surface area contributed by atoms with Crippen LogP contribution in [0.3, 0.4) is 0 Å². The summed E-state index contributed by atoms with van der Waals surface area (Å²) < 4.78 is 2.02. The summed E-state index contributed by atoms with van der Waals surface area (Å²) in [6.45, 7) is 5.34. The highest BCUT2D eigenvalue weighted by atomic mass is 15.3. The molecule has 0 bridgehead atoms. The van der Waals surface area contributed by atoms with Gasteiger partial charge in [-0.25, -0.2) is 9.67 Å². The van der Waals surface area contributed by atoms with Gasteiger partial charge in [0.1, 0.15) is 12.2 Å². The average molecular weight is 278 g/mol. The second-order valence-electron chi connectivity index (χ2n) is 6.80. The molecule has 4 heteroatoms. The summed E-state index contributed by atoms with van der Waals surface area (Å²) in [5.41, 5.74) is 6.30. The summed E-state index contributed by atoms with van der Waals surface area (Å²) in [5, 5.41) is 4.31. The molecular formula is C16H30N4. The van der Waals surface area contributed by atoms with Crippen LogP contribution in [0.25, 0.3) is 0 Å². The molecule has 1 aliphatic rings. The van der Waals surface area contributed by atoms with Gasteiger partial charge in [0.05, 0.1) is 0 Å². The lowest BCUT2D eigenvalue weighted by Gasteiger charge is -2.22. The number of aromatic nitrogens is 3. The third-order valence-electron chi connectivity index (χ3n) is 4.35. The van der Waals surface area contributed by atoms with Gasteiger partial charge in [0.15, 0.2) is 0 Å². The third kappa shape index (κ3) is 4.89. The van der Waals surface area contributed by atoms with E-state index in [1.165, 1.54) is 38.5 Å². The minimum absolute atomic E-state index is 0.229. The van der Waals surface area contributed by atoms with Crippen LogP contribution in [0.5, 0.6) is 0 Å². The normalized spacial score (nSPS) is 18.6. The minimum Gasteiger partial charge on any atom is -0.327 e. The number of nitrogens with zero attached hydrogens (tertiary/aromatic N) is 3. The van der Waals surface area contributed by atoms with E-state index in [0.717, 1.165) is 31.1 Å². The highest BCUT2D eigenvalue weighted by molar-refractivity contribution is 4.89. The van der Waals surface area contributed by atoms with Gasteiger partial charge in [-0.15, -0.1) is 0 Å². The Morgan fingerprint density at radius 2 is 2.05 bits per heavy atom. The van der Waals surface area contributed by atoms with Crippen LogP contribution in [0.2, 0.25) is 0 Å². The second-order valence-corrected chi connectivity index (χ2v) is 6.80. The molecule has 4 nitrogen and oxygen atoms in total. The molecule has 1 heterocycles. The second kappa shape index (κ2) is 7.77. The summed E-state index contributed by atoms with van der Waals surface area (Å²) in [5.74, 6) is 2.56. The van der Waals surface area contributed by atoms with E-state index >= 15 is 0 Å². The average Bonchev–Trinajstić information content (AvgIpc) is 2.84. The van der Waals surface area contributed by atoms with Crippen molar-refractivity contribution in [1.82, 2.24) is 14.8 Å². The van der Waals surface area contributed by atoms with Gasteiger partial charge in [-0.2, -0.15) is 5.10 Å². The predicted octanol–water partition coefficient (Wildman–Crippen LogP) is 3.16. The minimum atomic E-state index is 0.229. The van der Waals surface area contributed by atoms with E-state index in [4.69, 9.17) is 5.73 Å². The van der Waals surface area contributed by atoms with Gasteiger partial charge >= 0.3 is 0 Å². The van der Waals surface area contributed by atoms with Crippen molar-refractivity contribution >= 4 is 0 Å². The molecule has 0 amide bonds. The Morgan fingerprint density at radius 1 is 1.30 bits per heavy atom. The first-order valence-electron chi connectivity index (χ1n) is 8.27. The van der Waals surface area contributed by atoms with Crippen LogP contribution >= 0.6 is 0 Å². The quantitative estimate of drug-likeness (QED) is 0.833. The van der Waals surface area contributed by atoms with Crippen LogP contribution < -0.4 is 5.73 Å². The van der Waals surface area contributed by atoms with E-state index in [1.54, 1.807) is 6.33 Å². The fourth-order valence-corrected chi connectivity index (χ4v) is 3.21. The van der Waals surface area contributed by atoms with Crippen LogP contribution in [-0.4, -0.2) is 20.8 Å². The molecule has 0 radical (unpaired) electrons. The molecule has 2 rings (SSSR count). The monoisotopic (exact) mass is 278 g/mol. The van der Waals surface area contributed by atoms with Crippen LogP contribution in [-0.2, 0) is 13.0 Å². The molecule has 0 aliphatic heterocycles. The summed E-state index contributed by atoms with van der Waals surface area (Å²) in [7, 11) is 0. The van der Waals surface area contributed by atoms with E-state index in [1.807, 2.05) is 4.68 Å². The zero-order valence-electron chi connectivity index (χ0n) is 13.1. The predicted molar refractivity (Wildman–Crippen MR) is 82.3 cm³/mol. The van der Waals surface area contributed by atoms with Gasteiger partial charge < -0.3 is 5.73 Å². The van der Waals surface area contributed by atoms with Crippen molar-refractivity contribution in [1.29, 1.82) is 0 Å². The zero-order valence-corrected chi connectivity index (χ0v) is 13.1. The van der Waals surface area contributed by atoms with Crippen molar-refractivity contribution in [3.8, 4) is 0 Å². The Labute approximate surface area is 123 Å². The molecule has 0 spiro atoms. The first kappa shape index (κ1) is 15.5. The van der Waals surface area contributed by atoms with Crippen LogP contribution in [0.1, 0.15) is 64.6 Å². The van der Waals surface area contributed by atoms with Crippen molar-refractivity contribution < 1.29 is 0 Å². The summed E-state index contributed by atoms with van der Waals surface area (Å²) in [6.07, 6.45) is 12.0. The largest absolute Gasteiger partial charge is 0.327 e. The number of hydrogen-bond donors (Lipinski definition) is 1. The van der Waals surface area contributed by atoms with Crippen LogP contribution in [0.15, 0.2) is 6.33 Å². The molecule has 1 fully saturated rings. The smallest absolute Gasteiger partial charge is 0.138 e. The maximum atomic E-state index is 6.30. The van der Waals surface area contributed by atoms with Gasteiger partial charge in [0.2, 0.25) is 0 Å². The Kier molecular flexibility index (Phi) is 6.02. The number of rotatable bonds is 7. The van der Waals surface area contributed by atoms with E-state index in [-0.39, 0.29) is 6.04 Å². The maximum absolute atomic E-state index is 6.30. The zero-order chi connectivity index (χ0) is 14.4. The Balaban J connectivity index is 1.76. The number of nitrogens with two attached hydrogens (primary N) is 1. The highest BCUT2D eigenvalue weighted by Crippen LogP contribution is 2.27. The molecule has 2 N–H and O–H groups in total. The van der Waals surface area contributed by atoms with Crippen LogP contribution in [0, 0.1) is 11.8 Å². The summed E-state index contributed by atoms with van der Waals surface area (Å²) in [4.78, 5) is 4.38. The van der Waals surface area contributed by atoms with Crippen molar-refractivity contribution in [2.45, 2.75) is 77.8 Å². The Bertz CT molecular complexity index is 380. The SMILES string of the molecule is CC(C)Cn1ncnc1CC(N)CCC1CCCCC1. The fraction of sp³-hybridized carbons (Fsp3) is 0.875. The molecule has 1 aromatic rings. The van der Waals surface area contributed by atoms with Gasteiger partial charge in [-0.05, 0) is 24.7 Å². The molecule has 1 aliphatic carbocycles. The molecule has 0 saturated heterocycles. The molecule has 1 unspecified atom stereocenters. The maximum Gasteiger partial charge on any atom is 0.138 e. The topological polar surface area (TPSA) is 56.7 Å². The molecule has 1 saturated carbocycles. The molecule has 0 aromatic carbocycles. The van der Waals surface area contributed by atoms with E-state index in [2.05, 4.69) is 23.9 Å². The van der Waals surface area contributed by atoms with Gasteiger partial charge in [0, 0.05) is 19.0 Å². The lowest BCUT2D eigenvalue weighted by atomic mass is 9.85. The van der Waals surface area contributed by atoms with Gasteiger partial charge in [-0.3, -0.25) is 0 Å². The number of hydrogen-bond acceptors (Lipinski definition) is 3. The van der Waals surface area contributed by atoms with Gasteiger partial charge in [0.25, 0.3) is 0 Å². The molecule has 1 aromatic heterocycles. The molecular weight excluding hydrogens is 248 g/mol. The van der Waals surface area contributed by atoms with Crippen LogP contribution in [0.4, 0.5) is 0 Å². The highest BCUT2D eigenvalue weighted by Gasteiger charge is 2.16. The van der Waals surface area contributed by atoms with Gasteiger partial charge in [-0.1, -0.05) is 46.0 Å². The molecule has 1 atom stereocenters. The first-order valence-corrected chi connectivity index (χ1v) is 8.27. The van der Waals surface area contributed by atoms with Crippen molar-refractivity contribution in [3.05, 3.63) is 12.2 Å². The Hall–Kier alpha value is -0.900. The van der Waals surface area contributed by atoms with E-state index < -0.39 is 0 Å². The van der Waals surface area contributed by atoms with Crippen molar-refractivity contribution in [3.63, 3.8) is 0 Å². The third-order valence-corrected chi connectivity index (χ3v) is 4.35. The summed E-state index contributed by atoms with van der Waals surface area (Å²) >= 11 is 0. The molecule has 20 heavy (non-hydrogen) atoms.